The van der Waals surface area contributed by atoms with Crippen molar-refractivity contribution in [1.82, 2.24) is 52.5 Å². The van der Waals surface area contributed by atoms with Crippen molar-refractivity contribution in [1.29, 1.82) is 0 Å². The molecule has 26 heteroatoms. The topological polar surface area (TPSA) is 389 Å². The highest BCUT2D eigenvalue weighted by Crippen LogP contribution is 2.09. The van der Waals surface area contributed by atoms with Crippen LogP contribution in [0.2, 0.25) is 0 Å². The van der Waals surface area contributed by atoms with Crippen LogP contribution in [-0.4, -0.2) is 141 Å². The van der Waals surface area contributed by atoms with E-state index < -0.39 is 108 Å². The van der Waals surface area contributed by atoms with Gasteiger partial charge in [-0.2, -0.15) is 25.3 Å². The summed E-state index contributed by atoms with van der Waals surface area (Å²) in [4.78, 5) is 127. The molecule has 62 heavy (non-hydrogen) atoms. The SMILES string of the molecule is CC(C)C[C@H](NC(=O)[C@H](CS)NC(=O)O)C(=O)N[C@@H](CCCN=C(N)N)C(=O)N[C@@H](C)C(=O)N[C@@H](Cc1cnc[nH]1)C(=O)N[C@@H](C)C(=O)N[C@H](C(=O)N[C@@H](CS)C(N)=O)C(C)C. The van der Waals surface area contributed by atoms with Crippen LogP contribution >= 0.6 is 25.3 Å². The van der Waals surface area contributed by atoms with Crippen molar-refractivity contribution in [2.45, 2.75) is 116 Å². The summed E-state index contributed by atoms with van der Waals surface area (Å²) < 4.78 is 0. The van der Waals surface area contributed by atoms with Gasteiger partial charge in [-0.05, 0) is 44.9 Å². The van der Waals surface area contributed by atoms with E-state index in [1.807, 2.05) is 5.32 Å². The van der Waals surface area contributed by atoms with E-state index >= 15 is 0 Å². The normalized spacial score (nSPS) is 14.9. The van der Waals surface area contributed by atoms with E-state index in [2.05, 4.69) is 77.4 Å². The average Bonchev–Trinajstić information content (AvgIpc) is 3.70. The van der Waals surface area contributed by atoms with Gasteiger partial charge in [0.15, 0.2) is 5.96 Å². The highest BCUT2D eigenvalue weighted by atomic mass is 32.1. The van der Waals surface area contributed by atoms with Gasteiger partial charge in [0, 0.05) is 36.4 Å². The van der Waals surface area contributed by atoms with Crippen LogP contribution < -0.4 is 59.7 Å². The minimum absolute atomic E-state index is 0.0318. The number of amides is 9. The Balaban J connectivity index is 3.23. The zero-order chi connectivity index (χ0) is 47.3. The number of thiol groups is 2. The smallest absolute Gasteiger partial charge is 0.405 e. The van der Waals surface area contributed by atoms with Gasteiger partial charge in [-0.3, -0.25) is 43.3 Å². The maximum atomic E-state index is 13.7. The van der Waals surface area contributed by atoms with Gasteiger partial charge >= 0.3 is 6.09 Å². The van der Waals surface area contributed by atoms with Crippen LogP contribution in [0.25, 0.3) is 0 Å². The molecule has 0 aliphatic rings. The number of aromatic nitrogens is 2. The number of hydrogen-bond donors (Lipinski definition) is 15. The highest BCUT2D eigenvalue weighted by molar-refractivity contribution is 7.80. The van der Waals surface area contributed by atoms with Gasteiger partial charge in [0.1, 0.15) is 48.3 Å². The first-order valence-electron chi connectivity index (χ1n) is 19.7. The van der Waals surface area contributed by atoms with Crippen molar-refractivity contribution < 1.29 is 48.3 Å². The van der Waals surface area contributed by atoms with Crippen molar-refractivity contribution >= 4 is 84.6 Å². The van der Waals surface area contributed by atoms with Crippen molar-refractivity contribution in [3.8, 4) is 0 Å². The van der Waals surface area contributed by atoms with E-state index in [0.29, 0.717) is 5.69 Å². The number of imidazole rings is 1. The van der Waals surface area contributed by atoms with Crippen LogP contribution in [0, 0.1) is 11.8 Å². The first kappa shape index (κ1) is 54.2. The number of primary amides is 1. The summed E-state index contributed by atoms with van der Waals surface area (Å²) in [5.41, 5.74) is 16.6. The standard InChI is InChI=1S/C36H62N14O10S2/c1-16(2)10-22(47-33(57)25(14-62)49-36(59)60)32(56)45-21(8-7-9-41-35(38)39)30(54)43-18(5)28(52)46-23(11-20-12-40-15-42-20)31(55)44-19(6)29(53)50-26(17(3)4)34(58)48-24(13-61)27(37)51/h12,15-19,21-26,49,61-62H,7-11,13-14H2,1-6H3,(H2,37,51)(H,40,42)(H,43,54)(H,44,55)(H,45,56)(H,46,52)(H,47,57)(H,48,58)(H,50,53)(H,59,60)(H4,38,39,41)/t18-,19-,21-,22-,23-,24-,25-,26-/m0/s1. The molecule has 0 bridgehead atoms. The van der Waals surface area contributed by atoms with E-state index in [0.717, 1.165) is 0 Å². The summed E-state index contributed by atoms with van der Waals surface area (Å²) in [6, 6.07) is -9.89. The number of nitrogens with one attached hydrogen (secondary N) is 9. The molecule has 1 rings (SSSR count). The van der Waals surface area contributed by atoms with Crippen LogP contribution in [0.15, 0.2) is 17.5 Å². The second kappa shape index (κ2) is 27.2. The predicted octanol–water partition coefficient (Wildman–Crippen LogP) is -3.88. The van der Waals surface area contributed by atoms with Gasteiger partial charge in [0.25, 0.3) is 0 Å². The monoisotopic (exact) mass is 914 g/mol. The zero-order valence-corrected chi connectivity index (χ0v) is 37.3. The minimum Gasteiger partial charge on any atom is -0.465 e. The third-order valence-electron chi connectivity index (χ3n) is 8.92. The largest absolute Gasteiger partial charge is 0.465 e. The number of carbonyl (C=O) groups excluding carboxylic acids is 8. The van der Waals surface area contributed by atoms with E-state index in [9.17, 15) is 43.2 Å². The zero-order valence-electron chi connectivity index (χ0n) is 35.5. The molecule has 1 aromatic rings. The molecule has 9 amide bonds. The molecule has 0 aliphatic carbocycles. The molecule has 0 spiro atoms. The molecule has 24 nitrogen and oxygen atoms in total. The number of hydrogen-bond acceptors (Lipinski definition) is 13. The van der Waals surface area contributed by atoms with Gasteiger partial charge in [0.05, 0.1) is 6.33 Å². The van der Waals surface area contributed by atoms with E-state index in [1.165, 1.54) is 26.4 Å². The number of aliphatic imine (C=N–C) groups is 1. The van der Waals surface area contributed by atoms with Crippen LogP contribution in [0.3, 0.4) is 0 Å². The third kappa shape index (κ3) is 19.7. The molecule has 0 aliphatic heterocycles. The number of carbonyl (C=O) groups is 9. The second-order valence-electron chi connectivity index (χ2n) is 15.1. The first-order chi connectivity index (χ1) is 29.0. The van der Waals surface area contributed by atoms with E-state index in [1.54, 1.807) is 27.7 Å². The Morgan fingerprint density at radius 2 is 1.16 bits per heavy atom. The summed E-state index contributed by atoms with van der Waals surface area (Å²) in [7, 11) is 0. The number of carboxylic acid groups (broad SMARTS) is 1. The maximum absolute atomic E-state index is 13.7. The van der Waals surface area contributed by atoms with Crippen molar-refractivity contribution in [3.63, 3.8) is 0 Å². The molecule has 0 radical (unpaired) electrons. The predicted molar refractivity (Wildman–Crippen MR) is 233 cm³/mol. The van der Waals surface area contributed by atoms with Gasteiger partial charge in [-0.1, -0.05) is 27.7 Å². The number of nitrogens with two attached hydrogens (primary N) is 3. The minimum atomic E-state index is -1.48. The Bertz CT molecular complexity index is 1730. The van der Waals surface area contributed by atoms with Gasteiger partial charge < -0.3 is 69.8 Å². The number of H-pyrrole nitrogens is 1. The lowest BCUT2D eigenvalue weighted by Gasteiger charge is -2.27. The average molecular weight is 915 g/mol. The molecule has 0 aromatic carbocycles. The lowest BCUT2D eigenvalue weighted by Crippen LogP contribution is -2.60. The molecular formula is C36H62N14O10S2. The molecule has 1 heterocycles. The summed E-state index contributed by atoms with van der Waals surface area (Å²) in [6.45, 7) is 9.63. The molecule has 348 valence electrons. The van der Waals surface area contributed by atoms with E-state index in [4.69, 9.17) is 22.3 Å². The van der Waals surface area contributed by atoms with Crippen LogP contribution in [0.4, 0.5) is 4.79 Å². The van der Waals surface area contributed by atoms with Crippen molar-refractivity contribution in [3.05, 3.63) is 18.2 Å². The van der Waals surface area contributed by atoms with Gasteiger partial charge in [-0.25, -0.2) is 9.78 Å². The fourth-order valence-electron chi connectivity index (χ4n) is 5.53. The summed E-state index contributed by atoms with van der Waals surface area (Å²) in [6.07, 6.45) is 1.41. The lowest BCUT2D eigenvalue weighted by molar-refractivity contribution is -0.135. The number of aromatic amines is 1. The molecule has 1 aromatic heterocycles. The fourth-order valence-corrected chi connectivity index (χ4v) is 6.05. The van der Waals surface area contributed by atoms with Crippen LogP contribution in [-0.2, 0) is 44.8 Å². The second-order valence-corrected chi connectivity index (χ2v) is 15.8. The quantitative estimate of drug-likeness (QED) is 0.0174. The molecule has 0 unspecified atom stereocenters. The van der Waals surface area contributed by atoms with Gasteiger partial charge in [-0.15, -0.1) is 0 Å². The number of nitrogens with zero attached hydrogens (tertiary/aromatic N) is 2. The Kier molecular flexibility index (Phi) is 23.8. The molecule has 0 saturated carbocycles. The van der Waals surface area contributed by atoms with Crippen molar-refractivity contribution in [2.24, 2.45) is 34.0 Å². The number of rotatable bonds is 27. The van der Waals surface area contributed by atoms with Crippen LogP contribution in [0.5, 0.6) is 0 Å². The highest BCUT2D eigenvalue weighted by Gasteiger charge is 2.33. The Labute approximate surface area is 370 Å². The third-order valence-corrected chi connectivity index (χ3v) is 9.65. The van der Waals surface area contributed by atoms with E-state index in [-0.39, 0.29) is 55.6 Å². The molecule has 0 saturated heterocycles. The molecule has 0 fully saturated rings. The maximum Gasteiger partial charge on any atom is 0.405 e. The Morgan fingerprint density at radius 3 is 1.65 bits per heavy atom. The lowest BCUT2D eigenvalue weighted by atomic mass is 10.0. The Morgan fingerprint density at radius 1 is 0.661 bits per heavy atom. The molecule has 8 atom stereocenters. The Hall–Kier alpha value is -5.79. The van der Waals surface area contributed by atoms with Crippen LogP contribution in [0.1, 0.15) is 66.5 Å². The fraction of sp³-hybridized carbons (Fsp3) is 0.639. The van der Waals surface area contributed by atoms with Crippen molar-refractivity contribution in [2.75, 3.05) is 18.1 Å². The molecular weight excluding hydrogens is 853 g/mol. The number of guanidine groups is 1. The summed E-state index contributed by atoms with van der Waals surface area (Å²) in [5, 5.41) is 28.8. The van der Waals surface area contributed by atoms with Gasteiger partial charge in [0.2, 0.25) is 47.3 Å². The summed E-state index contributed by atoms with van der Waals surface area (Å²) >= 11 is 8.02. The first-order valence-corrected chi connectivity index (χ1v) is 20.9. The summed E-state index contributed by atoms with van der Waals surface area (Å²) in [5.74, 6) is -7.43. The molecule has 16 N–H and O–H groups in total.